The van der Waals surface area contributed by atoms with Crippen LogP contribution in [0, 0.1) is 6.92 Å². The minimum Gasteiger partial charge on any atom is -0.493 e. The Morgan fingerprint density at radius 3 is 2.43 bits per heavy atom. The Morgan fingerprint density at radius 1 is 1.06 bits per heavy atom. The van der Waals surface area contributed by atoms with E-state index < -0.39 is 5.97 Å². The van der Waals surface area contributed by atoms with E-state index in [4.69, 9.17) is 13.9 Å². The van der Waals surface area contributed by atoms with Gasteiger partial charge in [0.05, 0.1) is 25.5 Å². The molecule has 1 amide bonds. The SMILES string of the molecule is CCOc1c(/C(C)=C/C(=O)Nc2ccc(C(=O)OC)cc2)cc2c(-c3ccccc3)coc2c1C. The van der Waals surface area contributed by atoms with E-state index in [9.17, 15) is 9.59 Å². The van der Waals surface area contributed by atoms with Crippen LogP contribution in [0.25, 0.3) is 27.7 Å². The average Bonchev–Trinajstić information content (AvgIpc) is 3.30. The third kappa shape index (κ3) is 4.96. The molecule has 1 aromatic heterocycles. The van der Waals surface area contributed by atoms with E-state index in [1.165, 1.54) is 7.11 Å². The quantitative estimate of drug-likeness (QED) is 0.243. The molecular formula is C29H27NO5. The molecular weight excluding hydrogens is 442 g/mol. The van der Waals surface area contributed by atoms with Crippen LogP contribution in [0.4, 0.5) is 5.69 Å². The van der Waals surface area contributed by atoms with Gasteiger partial charge in [-0.25, -0.2) is 4.79 Å². The zero-order chi connectivity index (χ0) is 24.9. The number of hydrogen-bond donors (Lipinski definition) is 1. The van der Waals surface area contributed by atoms with Crippen molar-refractivity contribution in [1.29, 1.82) is 0 Å². The van der Waals surface area contributed by atoms with Crippen LogP contribution < -0.4 is 10.1 Å². The van der Waals surface area contributed by atoms with Gasteiger partial charge in [0, 0.05) is 33.8 Å². The first-order valence-electron chi connectivity index (χ1n) is 11.3. The number of benzene rings is 3. The van der Waals surface area contributed by atoms with Crippen LogP contribution in [0.5, 0.6) is 5.75 Å². The number of esters is 1. The summed E-state index contributed by atoms with van der Waals surface area (Å²) in [5.74, 6) is -0.0242. The highest BCUT2D eigenvalue weighted by Gasteiger charge is 2.19. The predicted octanol–water partition coefficient (Wildman–Crippen LogP) is 6.64. The summed E-state index contributed by atoms with van der Waals surface area (Å²) in [4.78, 5) is 24.4. The zero-order valence-corrected chi connectivity index (χ0v) is 20.2. The Labute approximate surface area is 204 Å². The highest BCUT2D eigenvalue weighted by atomic mass is 16.5. The van der Waals surface area contributed by atoms with Crippen molar-refractivity contribution in [3.8, 4) is 16.9 Å². The molecule has 178 valence electrons. The normalized spacial score (nSPS) is 11.4. The summed E-state index contributed by atoms with van der Waals surface area (Å²) in [5.41, 5.74) is 6.24. The van der Waals surface area contributed by atoms with E-state index >= 15 is 0 Å². The summed E-state index contributed by atoms with van der Waals surface area (Å²) in [6.45, 7) is 6.25. The molecule has 1 heterocycles. The number of methoxy groups -OCH3 is 1. The number of aryl methyl sites for hydroxylation is 1. The maximum atomic E-state index is 12.8. The van der Waals surface area contributed by atoms with Crippen molar-refractivity contribution in [2.75, 3.05) is 19.0 Å². The first-order valence-corrected chi connectivity index (χ1v) is 11.3. The van der Waals surface area contributed by atoms with Crippen LogP contribution >= 0.6 is 0 Å². The lowest BCUT2D eigenvalue weighted by atomic mass is 9.96. The largest absolute Gasteiger partial charge is 0.493 e. The summed E-state index contributed by atoms with van der Waals surface area (Å²) < 4.78 is 16.6. The van der Waals surface area contributed by atoms with Crippen LogP contribution in [-0.4, -0.2) is 25.6 Å². The lowest BCUT2D eigenvalue weighted by molar-refractivity contribution is -0.111. The Morgan fingerprint density at radius 2 is 1.77 bits per heavy atom. The van der Waals surface area contributed by atoms with Gasteiger partial charge in [-0.3, -0.25) is 4.79 Å². The van der Waals surface area contributed by atoms with Gasteiger partial charge in [0.25, 0.3) is 0 Å². The zero-order valence-electron chi connectivity index (χ0n) is 20.2. The molecule has 1 N–H and O–H groups in total. The van der Waals surface area contributed by atoms with E-state index in [0.29, 0.717) is 23.6 Å². The van der Waals surface area contributed by atoms with Gasteiger partial charge in [-0.1, -0.05) is 30.3 Å². The van der Waals surface area contributed by atoms with Gasteiger partial charge in [-0.05, 0) is 62.2 Å². The molecule has 0 aliphatic carbocycles. The highest BCUT2D eigenvalue weighted by Crippen LogP contribution is 2.40. The molecule has 0 saturated carbocycles. The summed E-state index contributed by atoms with van der Waals surface area (Å²) in [6, 6.07) is 18.6. The summed E-state index contributed by atoms with van der Waals surface area (Å²) in [5, 5.41) is 3.79. The van der Waals surface area contributed by atoms with Crippen LogP contribution in [0.1, 0.15) is 35.3 Å². The summed E-state index contributed by atoms with van der Waals surface area (Å²) in [7, 11) is 1.33. The molecule has 6 nitrogen and oxygen atoms in total. The fourth-order valence-corrected chi connectivity index (χ4v) is 4.04. The molecule has 0 bridgehead atoms. The fraction of sp³-hybridized carbons (Fsp3) is 0.172. The van der Waals surface area contributed by atoms with E-state index in [-0.39, 0.29) is 5.91 Å². The van der Waals surface area contributed by atoms with Crippen molar-refractivity contribution in [2.24, 2.45) is 0 Å². The van der Waals surface area contributed by atoms with E-state index in [0.717, 1.165) is 38.8 Å². The van der Waals surface area contributed by atoms with Gasteiger partial charge in [0.15, 0.2) is 0 Å². The van der Waals surface area contributed by atoms with Crippen LogP contribution in [-0.2, 0) is 9.53 Å². The molecule has 0 radical (unpaired) electrons. The number of ether oxygens (including phenoxy) is 2. The first-order chi connectivity index (χ1) is 16.9. The second kappa shape index (κ2) is 10.3. The van der Waals surface area contributed by atoms with E-state index in [1.54, 1.807) is 36.6 Å². The topological polar surface area (TPSA) is 77.8 Å². The number of carbonyl (C=O) groups excluding carboxylic acids is 2. The minimum atomic E-state index is -0.429. The average molecular weight is 470 g/mol. The standard InChI is InChI=1S/C29H27NO5/c1-5-34-27-19(3)28-24(25(17-35-28)20-9-7-6-8-10-20)16-23(27)18(2)15-26(31)30-22-13-11-21(12-14-22)29(32)33-4/h6-17H,5H2,1-4H3,(H,30,31)/b18-15+. The molecule has 0 aliphatic heterocycles. The predicted molar refractivity (Wildman–Crippen MR) is 138 cm³/mol. The van der Waals surface area contributed by atoms with Gasteiger partial charge >= 0.3 is 5.97 Å². The van der Waals surface area contributed by atoms with Gasteiger partial charge in [-0.2, -0.15) is 0 Å². The van der Waals surface area contributed by atoms with Crippen molar-refractivity contribution in [3.63, 3.8) is 0 Å². The fourth-order valence-electron chi connectivity index (χ4n) is 4.04. The number of nitrogens with one attached hydrogen (secondary N) is 1. The van der Waals surface area contributed by atoms with Crippen LogP contribution in [0.15, 0.2) is 77.4 Å². The second-order valence-corrected chi connectivity index (χ2v) is 8.09. The van der Waals surface area contributed by atoms with Gasteiger partial charge in [0.2, 0.25) is 5.91 Å². The van der Waals surface area contributed by atoms with Crippen molar-refractivity contribution in [3.05, 3.63) is 89.7 Å². The number of rotatable bonds is 7. The molecule has 35 heavy (non-hydrogen) atoms. The third-order valence-electron chi connectivity index (χ3n) is 5.76. The molecule has 0 unspecified atom stereocenters. The Hall–Kier alpha value is -4.32. The molecule has 0 aliphatic rings. The Bertz CT molecular complexity index is 1400. The summed E-state index contributed by atoms with van der Waals surface area (Å²) in [6.07, 6.45) is 3.30. The number of fused-ring (bicyclic) bond motifs is 1. The second-order valence-electron chi connectivity index (χ2n) is 8.09. The Kier molecular flexibility index (Phi) is 7.01. The maximum absolute atomic E-state index is 12.8. The lowest BCUT2D eigenvalue weighted by Crippen LogP contribution is -2.09. The van der Waals surface area contributed by atoms with Crippen molar-refractivity contribution in [2.45, 2.75) is 20.8 Å². The number of hydrogen-bond acceptors (Lipinski definition) is 5. The number of amides is 1. The number of anilines is 1. The first kappa shape index (κ1) is 23.8. The van der Waals surface area contributed by atoms with Gasteiger partial charge < -0.3 is 19.2 Å². The van der Waals surface area contributed by atoms with Crippen LogP contribution in [0.3, 0.4) is 0 Å². The van der Waals surface area contributed by atoms with Crippen molar-refractivity contribution in [1.82, 2.24) is 0 Å². The molecule has 0 fully saturated rings. The molecule has 4 rings (SSSR count). The third-order valence-corrected chi connectivity index (χ3v) is 5.76. The molecule has 6 heteroatoms. The lowest BCUT2D eigenvalue weighted by Gasteiger charge is -2.15. The minimum absolute atomic E-state index is 0.288. The molecule has 0 atom stereocenters. The van der Waals surface area contributed by atoms with Gasteiger partial charge in [0.1, 0.15) is 11.3 Å². The smallest absolute Gasteiger partial charge is 0.337 e. The van der Waals surface area contributed by atoms with E-state index in [2.05, 4.69) is 5.32 Å². The van der Waals surface area contributed by atoms with Crippen molar-refractivity contribution < 1.29 is 23.5 Å². The number of allylic oxidation sites excluding steroid dienone is 1. The Balaban J connectivity index is 1.69. The monoisotopic (exact) mass is 469 g/mol. The summed E-state index contributed by atoms with van der Waals surface area (Å²) >= 11 is 0. The number of furan rings is 1. The molecule has 4 aromatic rings. The molecule has 0 spiro atoms. The maximum Gasteiger partial charge on any atom is 0.337 e. The van der Waals surface area contributed by atoms with Crippen molar-refractivity contribution >= 4 is 34.1 Å². The number of carbonyl (C=O) groups is 2. The van der Waals surface area contributed by atoms with E-state index in [1.807, 2.05) is 57.2 Å². The van der Waals surface area contributed by atoms with Crippen LogP contribution in [0.2, 0.25) is 0 Å². The molecule has 0 saturated heterocycles. The van der Waals surface area contributed by atoms with Gasteiger partial charge in [-0.15, -0.1) is 0 Å². The molecule has 3 aromatic carbocycles. The highest BCUT2D eigenvalue weighted by molar-refractivity contribution is 6.06.